The summed E-state index contributed by atoms with van der Waals surface area (Å²) in [6, 6.07) is 8.25. The standard InChI is InChI=1S/C14H18FN5/c1-2-16-14(18-10-13-7-8-19-20-13)17-9-11-3-5-12(15)6-4-11/h3-8H,2,9-10H2,1H3,(H,19,20)(H2,16,17,18). The lowest BCUT2D eigenvalue weighted by atomic mass is 10.2. The van der Waals surface area contributed by atoms with Crippen molar-refractivity contribution in [3.05, 3.63) is 53.6 Å². The van der Waals surface area contributed by atoms with Crippen molar-refractivity contribution in [1.29, 1.82) is 0 Å². The molecule has 0 aliphatic rings. The summed E-state index contributed by atoms with van der Waals surface area (Å²) in [6.07, 6.45) is 1.71. The fourth-order valence-corrected chi connectivity index (χ4v) is 1.66. The van der Waals surface area contributed by atoms with Crippen molar-refractivity contribution in [2.24, 2.45) is 4.99 Å². The monoisotopic (exact) mass is 275 g/mol. The topological polar surface area (TPSA) is 65.1 Å². The van der Waals surface area contributed by atoms with Crippen molar-refractivity contribution in [3.63, 3.8) is 0 Å². The molecule has 2 aromatic rings. The molecule has 3 N–H and O–H groups in total. The molecule has 0 aliphatic carbocycles. The van der Waals surface area contributed by atoms with E-state index in [1.165, 1.54) is 12.1 Å². The van der Waals surface area contributed by atoms with Crippen LogP contribution in [0.25, 0.3) is 0 Å². The molecule has 0 atom stereocenters. The maximum absolute atomic E-state index is 12.8. The van der Waals surface area contributed by atoms with Gasteiger partial charge in [-0.05, 0) is 30.7 Å². The van der Waals surface area contributed by atoms with Crippen molar-refractivity contribution in [1.82, 2.24) is 20.8 Å². The van der Waals surface area contributed by atoms with Gasteiger partial charge in [-0.1, -0.05) is 12.1 Å². The lowest BCUT2D eigenvalue weighted by Crippen LogP contribution is -2.36. The van der Waals surface area contributed by atoms with E-state index in [1.807, 2.05) is 13.0 Å². The lowest BCUT2D eigenvalue weighted by Gasteiger charge is -2.10. The molecule has 1 aromatic carbocycles. The van der Waals surface area contributed by atoms with Gasteiger partial charge < -0.3 is 10.6 Å². The van der Waals surface area contributed by atoms with Crippen LogP contribution >= 0.6 is 0 Å². The summed E-state index contributed by atoms with van der Waals surface area (Å²) in [5, 5.41) is 13.1. The molecule has 6 heteroatoms. The van der Waals surface area contributed by atoms with Gasteiger partial charge in [0.25, 0.3) is 0 Å². The van der Waals surface area contributed by atoms with Crippen molar-refractivity contribution in [3.8, 4) is 0 Å². The minimum absolute atomic E-state index is 0.234. The first-order valence-corrected chi connectivity index (χ1v) is 6.53. The van der Waals surface area contributed by atoms with Crippen LogP contribution in [-0.2, 0) is 13.1 Å². The Kier molecular flexibility index (Phi) is 5.11. The van der Waals surface area contributed by atoms with Crippen LogP contribution in [0, 0.1) is 5.82 Å². The van der Waals surface area contributed by atoms with E-state index >= 15 is 0 Å². The molecule has 0 fully saturated rings. The highest BCUT2D eigenvalue weighted by atomic mass is 19.1. The highest BCUT2D eigenvalue weighted by Gasteiger charge is 1.99. The van der Waals surface area contributed by atoms with Gasteiger partial charge in [0.1, 0.15) is 5.82 Å². The molecule has 1 heterocycles. The second-order valence-electron chi connectivity index (χ2n) is 4.26. The molecular formula is C14H18FN5. The normalized spacial score (nSPS) is 11.4. The molecule has 106 valence electrons. The Morgan fingerprint density at radius 2 is 2.05 bits per heavy atom. The smallest absolute Gasteiger partial charge is 0.191 e. The predicted molar refractivity (Wildman–Crippen MR) is 76.6 cm³/mol. The number of nitrogens with one attached hydrogen (secondary N) is 3. The quantitative estimate of drug-likeness (QED) is 0.576. The molecule has 0 saturated carbocycles. The lowest BCUT2D eigenvalue weighted by molar-refractivity contribution is 0.627. The van der Waals surface area contributed by atoms with Gasteiger partial charge in [-0.3, -0.25) is 5.10 Å². The van der Waals surface area contributed by atoms with Crippen LogP contribution in [0.15, 0.2) is 41.5 Å². The highest BCUT2D eigenvalue weighted by molar-refractivity contribution is 5.79. The van der Waals surface area contributed by atoms with Crippen molar-refractivity contribution in [2.75, 3.05) is 6.54 Å². The molecule has 0 amide bonds. The third kappa shape index (κ3) is 4.38. The Hall–Kier alpha value is -2.37. The number of hydrogen-bond donors (Lipinski definition) is 3. The van der Waals surface area contributed by atoms with E-state index in [0.29, 0.717) is 19.0 Å². The summed E-state index contributed by atoms with van der Waals surface area (Å²) in [5.41, 5.74) is 1.95. The minimum Gasteiger partial charge on any atom is -0.357 e. The van der Waals surface area contributed by atoms with Gasteiger partial charge in [-0.25, -0.2) is 9.38 Å². The van der Waals surface area contributed by atoms with Gasteiger partial charge in [-0.2, -0.15) is 5.10 Å². The van der Waals surface area contributed by atoms with Crippen molar-refractivity contribution >= 4 is 5.96 Å². The molecule has 0 saturated heterocycles. The van der Waals surface area contributed by atoms with E-state index in [9.17, 15) is 4.39 Å². The first kappa shape index (κ1) is 14.0. The molecule has 0 aliphatic heterocycles. The fourth-order valence-electron chi connectivity index (χ4n) is 1.66. The van der Waals surface area contributed by atoms with Gasteiger partial charge in [-0.15, -0.1) is 0 Å². The van der Waals surface area contributed by atoms with Crippen molar-refractivity contribution in [2.45, 2.75) is 20.0 Å². The molecule has 20 heavy (non-hydrogen) atoms. The van der Waals surface area contributed by atoms with E-state index < -0.39 is 0 Å². The second kappa shape index (κ2) is 7.28. The van der Waals surface area contributed by atoms with E-state index in [-0.39, 0.29) is 5.82 Å². The third-order valence-corrected chi connectivity index (χ3v) is 2.68. The Labute approximate surface area is 117 Å². The Balaban J connectivity index is 1.92. The van der Waals surface area contributed by atoms with Gasteiger partial charge in [0.15, 0.2) is 5.96 Å². The van der Waals surface area contributed by atoms with E-state index in [2.05, 4.69) is 25.8 Å². The Morgan fingerprint density at radius 1 is 1.25 bits per heavy atom. The molecule has 0 bridgehead atoms. The number of rotatable bonds is 5. The molecule has 0 unspecified atom stereocenters. The SMILES string of the molecule is CCNC(=NCc1ccc(F)cc1)NCc1ccn[nH]1. The number of aliphatic imine (C=N–C) groups is 1. The Bertz CT molecular complexity index is 533. The first-order chi connectivity index (χ1) is 9.78. The van der Waals surface area contributed by atoms with Crippen LogP contribution in [0.5, 0.6) is 0 Å². The van der Waals surface area contributed by atoms with Gasteiger partial charge in [0.05, 0.1) is 18.8 Å². The summed E-state index contributed by atoms with van der Waals surface area (Å²) < 4.78 is 12.8. The number of nitrogens with zero attached hydrogens (tertiary/aromatic N) is 2. The zero-order valence-corrected chi connectivity index (χ0v) is 11.4. The van der Waals surface area contributed by atoms with Crippen LogP contribution in [0.4, 0.5) is 4.39 Å². The van der Waals surface area contributed by atoms with Crippen LogP contribution in [0.1, 0.15) is 18.2 Å². The van der Waals surface area contributed by atoms with E-state index in [1.54, 1.807) is 18.3 Å². The molecule has 0 radical (unpaired) electrons. The van der Waals surface area contributed by atoms with Crippen LogP contribution < -0.4 is 10.6 Å². The largest absolute Gasteiger partial charge is 0.357 e. The predicted octanol–water partition coefficient (Wildman–Crippen LogP) is 1.80. The number of aromatic amines is 1. The third-order valence-electron chi connectivity index (χ3n) is 2.68. The second-order valence-corrected chi connectivity index (χ2v) is 4.26. The van der Waals surface area contributed by atoms with Crippen LogP contribution in [0.3, 0.4) is 0 Å². The summed E-state index contributed by atoms with van der Waals surface area (Å²) in [6.45, 7) is 3.90. The molecular weight excluding hydrogens is 257 g/mol. The highest BCUT2D eigenvalue weighted by Crippen LogP contribution is 2.03. The number of aromatic nitrogens is 2. The zero-order chi connectivity index (χ0) is 14.2. The minimum atomic E-state index is -0.234. The number of H-pyrrole nitrogens is 1. The number of benzene rings is 1. The molecule has 5 nitrogen and oxygen atoms in total. The molecule has 2 rings (SSSR count). The number of halogens is 1. The van der Waals surface area contributed by atoms with Crippen LogP contribution in [0.2, 0.25) is 0 Å². The van der Waals surface area contributed by atoms with Crippen molar-refractivity contribution < 1.29 is 4.39 Å². The summed E-state index contributed by atoms with van der Waals surface area (Å²) >= 11 is 0. The maximum atomic E-state index is 12.8. The number of hydrogen-bond acceptors (Lipinski definition) is 2. The van der Waals surface area contributed by atoms with E-state index in [4.69, 9.17) is 0 Å². The summed E-state index contributed by atoms with van der Waals surface area (Å²) in [5.74, 6) is 0.480. The van der Waals surface area contributed by atoms with Gasteiger partial charge in [0.2, 0.25) is 0 Å². The van der Waals surface area contributed by atoms with E-state index in [0.717, 1.165) is 17.8 Å². The fraction of sp³-hybridized carbons (Fsp3) is 0.286. The Morgan fingerprint density at radius 3 is 2.70 bits per heavy atom. The molecule has 0 spiro atoms. The van der Waals surface area contributed by atoms with Crippen LogP contribution in [-0.4, -0.2) is 22.7 Å². The first-order valence-electron chi connectivity index (χ1n) is 6.53. The summed E-state index contributed by atoms with van der Waals surface area (Å²) in [4.78, 5) is 4.45. The average Bonchev–Trinajstić information content (AvgIpc) is 2.97. The van der Waals surface area contributed by atoms with Gasteiger partial charge in [0, 0.05) is 12.7 Å². The maximum Gasteiger partial charge on any atom is 0.191 e. The summed E-state index contributed by atoms with van der Waals surface area (Å²) in [7, 11) is 0. The average molecular weight is 275 g/mol. The number of guanidine groups is 1. The van der Waals surface area contributed by atoms with Gasteiger partial charge >= 0.3 is 0 Å². The zero-order valence-electron chi connectivity index (χ0n) is 11.4. The molecule has 1 aromatic heterocycles.